The normalized spacial score (nSPS) is 10.1. The molecule has 0 bridgehead atoms. The second-order valence-corrected chi connectivity index (χ2v) is 4.50. The molecule has 0 spiro atoms. The van der Waals surface area contributed by atoms with Gasteiger partial charge in [-0.2, -0.15) is 0 Å². The van der Waals surface area contributed by atoms with Gasteiger partial charge >= 0.3 is 17.9 Å². The van der Waals surface area contributed by atoms with Crippen LogP contribution in [0.3, 0.4) is 0 Å². The second kappa shape index (κ2) is 6.10. The Kier molecular flexibility index (Phi) is 4.22. The summed E-state index contributed by atoms with van der Waals surface area (Å²) in [5.41, 5.74) is -0.969. The zero-order valence-electron chi connectivity index (χ0n) is 11.4. The van der Waals surface area contributed by atoms with Gasteiger partial charge in [0.25, 0.3) is 0 Å². The van der Waals surface area contributed by atoms with Crippen LogP contribution in [0.4, 0.5) is 0 Å². The number of carboxylic acid groups (broad SMARTS) is 3. The number of rotatable bonds is 5. The van der Waals surface area contributed by atoms with Gasteiger partial charge in [0.15, 0.2) is 5.78 Å². The maximum Gasteiger partial charge on any atom is 0.336 e. The van der Waals surface area contributed by atoms with Gasteiger partial charge in [0.2, 0.25) is 0 Å². The molecule has 0 aliphatic carbocycles. The largest absolute Gasteiger partial charge is 0.478 e. The zero-order chi connectivity index (χ0) is 17.1. The van der Waals surface area contributed by atoms with Crippen molar-refractivity contribution in [1.82, 2.24) is 0 Å². The molecule has 0 saturated carbocycles. The molecule has 0 amide bonds. The van der Waals surface area contributed by atoms with Crippen LogP contribution >= 0.6 is 0 Å². The molecule has 23 heavy (non-hydrogen) atoms. The predicted octanol–water partition coefficient (Wildman–Crippen LogP) is 1.81. The molecule has 7 heteroatoms. The number of aromatic carboxylic acids is 3. The van der Waals surface area contributed by atoms with Crippen LogP contribution in [0.15, 0.2) is 36.4 Å². The van der Waals surface area contributed by atoms with Gasteiger partial charge in [-0.3, -0.25) is 4.79 Å². The number of carbonyl (C=O) groups excluding carboxylic acids is 1. The van der Waals surface area contributed by atoms with Gasteiger partial charge in [0.05, 0.1) is 16.7 Å². The fourth-order valence-corrected chi connectivity index (χ4v) is 1.91. The minimum atomic E-state index is -1.47. The van der Waals surface area contributed by atoms with Gasteiger partial charge in [0.1, 0.15) is 0 Å². The molecule has 2 rings (SSSR count). The molecule has 115 valence electrons. The van der Waals surface area contributed by atoms with E-state index >= 15 is 0 Å². The van der Waals surface area contributed by atoms with E-state index in [0.717, 1.165) is 12.1 Å². The highest BCUT2D eigenvalue weighted by Crippen LogP contribution is 2.16. The Balaban J connectivity index is 2.43. The lowest BCUT2D eigenvalue weighted by Crippen LogP contribution is -2.11. The van der Waals surface area contributed by atoms with Crippen LogP contribution in [0.2, 0.25) is 0 Å². The van der Waals surface area contributed by atoms with Crippen molar-refractivity contribution in [2.24, 2.45) is 0 Å². The van der Waals surface area contributed by atoms with Crippen molar-refractivity contribution in [3.05, 3.63) is 70.3 Å². The van der Waals surface area contributed by atoms with Crippen molar-refractivity contribution in [2.45, 2.75) is 0 Å². The van der Waals surface area contributed by atoms with E-state index in [2.05, 4.69) is 6.07 Å². The van der Waals surface area contributed by atoms with E-state index in [1.54, 1.807) is 0 Å². The van der Waals surface area contributed by atoms with Crippen LogP contribution in [0, 0.1) is 6.07 Å². The van der Waals surface area contributed by atoms with Gasteiger partial charge in [0, 0.05) is 11.1 Å². The van der Waals surface area contributed by atoms with E-state index in [4.69, 9.17) is 15.3 Å². The van der Waals surface area contributed by atoms with E-state index in [1.165, 1.54) is 24.3 Å². The maximum absolute atomic E-state index is 12.3. The Morgan fingerprint density at radius 1 is 0.739 bits per heavy atom. The number of hydrogen-bond donors (Lipinski definition) is 3. The molecule has 0 aromatic heterocycles. The third-order valence-electron chi connectivity index (χ3n) is 3.05. The molecule has 0 aliphatic rings. The number of carbonyl (C=O) groups is 4. The lowest BCUT2D eigenvalue weighted by atomic mass is 9.97. The van der Waals surface area contributed by atoms with E-state index in [9.17, 15) is 19.2 Å². The number of benzene rings is 2. The first-order chi connectivity index (χ1) is 10.8. The minimum Gasteiger partial charge on any atom is -0.478 e. The number of ketones is 1. The van der Waals surface area contributed by atoms with Crippen LogP contribution in [-0.4, -0.2) is 39.0 Å². The van der Waals surface area contributed by atoms with Crippen LogP contribution < -0.4 is 0 Å². The summed E-state index contributed by atoms with van der Waals surface area (Å²) >= 11 is 0. The fourth-order valence-electron chi connectivity index (χ4n) is 1.91. The summed E-state index contributed by atoms with van der Waals surface area (Å²) < 4.78 is 0. The average molecular weight is 313 g/mol. The van der Waals surface area contributed by atoms with Crippen molar-refractivity contribution < 1.29 is 34.5 Å². The zero-order valence-corrected chi connectivity index (χ0v) is 11.4. The third-order valence-corrected chi connectivity index (χ3v) is 3.05. The predicted molar refractivity (Wildman–Crippen MR) is 76.0 cm³/mol. The van der Waals surface area contributed by atoms with Crippen molar-refractivity contribution in [1.29, 1.82) is 0 Å². The summed E-state index contributed by atoms with van der Waals surface area (Å²) in [4.78, 5) is 45.1. The lowest BCUT2D eigenvalue weighted by molar-refractivity contribution is 0.0651. The van der Waals surface area contributed by atoms with Crippen LogP contribution in [-0.2, 0) is 0 Å². The van der Waals surface area contributed by atoms with Crippen LogP contribution in [0.25, 0.3) is 0 Å². The Hall–Kier alpha value is -3.48. The standard InChI is InChI=1S/C16H9O7/c17-13(8-1-3-9(4-2-8)14(18)19)10-5-6-11(15(20)21)12(7-10)16(22)23/h1-3,5-7H,(H,18,19)(H,20,21)(H,22,23). The molecule has 0 atom stereocenters. The first-order valence-electron chi connectivity index (χ1n) is 6.21. The monoisotopic (exact) mass is 313 g/mol. The molecular formula is C16H9O7. The molecule has 0 fully saturated rings. The molecule has 0 unspecified atom stereocenters. The minimum absolute atomic E-state index is 0.0242. The van der Waals surface area contributed by atoms with E-state index in [0.29, 0.717) is 0 Å². The number of hydrogen-bond acceptors (Lipinski definition) is 4. The smallest absolute Gasteiger partial charge is 0.336 e. The van der Waals surface area contributed by atoms with Crippen molar-refractivity contribution in [2.75, 3.05) is 0 Å². The van der Waals surface area contributed by atoms with Gasteiger partial charge < -0.3 is 15.3 Å². The van der Waals surface area contributed by atoms with Crippen LogP contribution in [0.1, 0.15) is 47.0 Å². The summed E-state index contributed by atoms with van der Waals surface area (Å²) in [5, 5.41) is 26.8. The highest BCUT2D eigenvalue weighted by atomic mass is 16.4. The highest BCUT2D eigenvalue weighted by Gasteiger charge is 2.19. The lowest BCUT2D eigenvalue weighted by Gasteiger charge is -2.06. The molecular weight excluding hydrogens is 304 g/mol. The molecule has 0 heterocycles. The van der Waals surface area contributed by atoms with E-state index in [-0.39, 0.29) is 16.7 Å². The maximum atomic E-state index is 12.3. The first kappa shape index (κ1) is 15.9. The van der Waals surface area contributed by atoms with Crippen LogP contribution in [0.5, 0.6) is 0 Å². The van der Waals surface area contributed by atoms with Gasteiger partial charge in [-0.15, -0.1) is 0 Å². The average Bonchev–Trinajstić information content (AvgIpc) is 2.53. The van der Waals surface area contributed by atoms with Gasteiger partial charge in [-0.1, -0.05) is 12.1 Å². The summed E-state index contributed by atoms with van der Waals surface area (Å²) in [6.07, 6.45) is 0. The second-order valence-electron chi connectivity index (χ2n) is 4.50. The molecule has 2 aromatic rings. The van der Waals surface area contributed by atoms with Gasteiger partial charge in [-0.05, 0) is 30.3 Å². The third kappa shape index (κ3) is 3.24. The summed E-state index contributed by atoms with van der Waals surface area (Å²) in [7, 11) is 0. The summed E-state index contributed by atoms with van der Waals surface area (Å²) in [5.74, 6) is -4.65. The Bertz CT molecular complexity index is 819. The highest BCUT2D eigenvalue weighted by molar-refractivity contribution is 6.11. The van der Waals surface area contributed by atoms with E-state index in [1.807, 2.05) is 0 Å². The molecule has 3 N–H and O–H groups in total. The first-order valence-corrected chi connectivity index (χ1v) is 6.21. The summed E-state index contributed by atoms with van der Waals surface area (Å²) in [6, 6.07) is 9.27. The molecule has 0 aliphatic heterocycles. The number of carboxylic acids is 3. The summed E-state index contributed by atoms with van der Waals surface area (Å²) in [6.45, 7) is 0. The van der Waals surface area contributed by atoms with Gasteiger partial charge in [-0.25, -0.2) is 14.4 Å². The Labute approximate surface area is 129 Å². The fraction of sp³-hybridized carbons (Fsp3) is 0. The topological polar surface area (TPSA) is 129 Å². The van der Waals surface area contributed by atoms with Crippen molar-refractivity contribution >= 4 is 23.7 Å². The molecule has 7 nitrogen and oxygen atoms in total. The van der Waals surface area contributed by atoms with E-state index < -0.39 is 34.8 Å². The van der Waals surface area contributed by atoms with Crippen molar-refractivity contribution in [3.8, 4) is 0 Å². The van der Waals surface area contributed by atoms with Crippen molar-refractivity contribution in [3.63, 3.8) is 0 Å². The Morgan fingerprint density at radius 2 is 1.35 bits per heavy atom. The molecule has 2 aromatic carbocycles. The quantitative estimate of drug-likeness (QED) is 0.718. The Morgan fingerprint density at radius 3 is 1.83 bits per heavy atom. The molecule has 0 saturated heterocycles. The molecule has 1 radical (unpaired) electrons. The SMILES string of the molecule is O=C(O)c1[c]cc(C(=O)c2ccc(C(=O)O)c(C(=O)O)c2)cc1.